The number of nitrogens with zero attached hydrogens (tertiary/aromatic N) is 2. The van der Waals surface area contributed by atoms with Crippen LogP contribution >= 0.6 is 11.8 Å². The van der Waals surface area contributed by atoms with Crippen molar-refractivity contribution in [2.75, 3.05) is 11.5 Å². The van der Waals surface area contributed by atoms with Gasteiger partial charge in [0.15, 0.2) is 0 Å². The summed E-state index contributed by atoms with van der Waals surface area (Å²) in [6.07, 6.45) is 2.07. The Morgan fingerprint density at radius 1 is 1.53 bits per heavy atom. The number of nitrogens with one attached hydrogen (secondary N) is 1. The van der Waals surface area contributed by atoms with E-state index < -0.39 is 10.0 Å². The highest BCUT2D eigenvalue weighted by atomic mass is 32.2. The number of rotatable bonds is 3. The van der Waals surface area contributed by atoms with Gasteiger partial charge in [0.2, 0.25) is 10.0 Å². The second-order valence-corrected chi connectivity index (χ2v) is 6.54. The molecule has 0 bridgehead atoms. The van der Waals surface area contributed by atoms with E-state index in [0.29, 0.717) is 0 Å². The first-order chi connectivity index (χ1) is 8.12. The fourth-order valence-corrected chi connectivity index (χ4v) is 3.99. The number of hydrogen-bond acceptors (Lipinski definition) is 5. The van der Waals surface area contributed by atoms with Crippen LogP contribution in [0.3, 0.4) is 0 Å². The molecule has 1 unspecified atom stereocenters. The van der Waals surface area contributed by atoms with Crippen molar-refractivity contribution in [2.45, 2.75) is 17.4 Å². The fraction of sp³-hybridized carbons (Fsp3) is 0.400. The van der Waals surface area contributed by atoms with Crippen LogP contribution in [0.5, 0.6) is 0 Å². The van der Waals surface area contributed by atoms with Gasteiger partial charge in [0.25, 0.3) is 0 Å². The van der Waals surface area contributed by atoms with Gasteiger partial charge >= 0.3 is 0 Å². The van der Waals surface area contributed by atoms with Gasteiger partial charge in [-0.2, -0.15) is 17.0 Å². The third kappa shape index (κ3) is 2.97. The van der Waals surface area contributed by atoms with Crippen molar-refractivity contribution in [3.05, 3.63) is 24.0 Å². The number of pyridine rings is 1. The molecule has 1 aromatic rings. The van der Waals surface area contributed by atoms with Gasteiger partial charge in [0.05, 0.1) is 0 Å². The Balaban J connectivity index is 2.16. The molecule has 5 nitrogen and oxygen atoms in total. The highest BCUT2D eigenvalue weighted by Gasteiger charge is 2.23. The van der Waals surface area contributed by atoms with Crippen molar-refractivity contribution in [2.24, 2.45) is 0 Å². The molecule has 1 aromatic heterocycles. The Morgan fingerprint density at radius 2 is 2.35 bits per heavy atom. The van der Waals surface area contributed by atoms with Gasteiger partial charge in [-0.25, -0.2) is 18.1 Å². The smallest absolute Gasteiger partial charge is 0.242 e. The summed E-state index contributed by atoms with van der Waals surface area (Å²) in [4.78, 5) is 3.86. The van der Waals surface area contributed by atoms with Crippen LogP contribution in [-0.4, -0.2) is 30.9 Å². The van der Waals surface area contributed by atoms with Crippen molar-refractivity contribution in [3.8, 4) is 6.07 Å². The molecule has 1 saturated heterocycles. The molecule has 17 heavy (non-hydrogen) atoms. The van der Waals surface area contributed by atoms with E-state index >= 15 is 0 Å². The molecule has 1 aliphatic rings. The number of nitriles is 1. The average molecular weight is 269 g/mol. The zero-order valence-electron chi connectivity index (χ0n) is 8.96. The molecule has 0 radical (unpaired) electrons. The van der Waals surface area contributed by atoms with Crippen molar-refractivity contribution in [1.82, 2.24) is 9.71 Å². The second kappa shape index (κ2) is 5.04. The van der Waals surface area contributed by atoms with E-state index in [2.05, 4.69) is 9.71 Å². The van der Waals surface area contributed by atoms with E-state index in [0.717, 1.165) is 17.9 Å². The third-order valence-electron chi connectivity index (χ3n) is 2.41. The average Bonchev–Trinajstić information content (AvgIpc) is 2.81. The number of hydrogen-bond donors (Lipinski definition) is 1. The third-order valence-corrected chi connectivity index (χ3v) is 5.08. The SMILES string of the molecule is N#Cc1ccc(S(=O)(=O)NC2CCSC2)cn1. The van der Waals surface area contributed by atoms with Gasteiger partial charge in [0, 0.05) is 18.0 Å². The fourth-order valence-electron chi connectivity index (χ4n) is 1.52. The van der Waals surface area contributed by atoms with Crippen LogP contribution in [0.1, 0.15) is 12.1 Å². The molecular formula is C10H11N3O2S2. The molecule has 0 aromatic carbocycles. The Kier molecular flexibility index (Phi) is 3.66. The van der Waals surface area contributed by atoms with E-state index in [-0.39, 0.29) is 16.6 Å². The van der Waals surface area contributed by atoms with E-state index in [1.165, 1.54) is 18.3 Å². The predicted octanol–water partition coefficient (Wildman–Crippen LogP) is 0.737. The summed E-state index contributed by atoms with van der Waals surface area (Å²) in [6, 6.07) is 4.65. The maximum Gasteiger partial charge on any atom is 0.242 e. The lowest BCUT2D eigenvalue weighted by molar-refractivity contribution is 0.562. The van der Waals surface area contributed by atoms with Gasteiger partial charge < -0.3 is 0 Å². The molecule has 90 valence electrons. The quantitative estimate of drug-likeness (QED) is 0.875. The largest absolute Gasteiger partial charge is 0.244 e. The highest BCUT2D eigenvalue weighted by Crippen LogP contribution is 2.19. The Morgan fingerprint density at radius 3 is 2.88 bits per heavy atom. The molecule has 1 fully saturated rings. The Labute approximate surface area is 104 Å². The van der Waals surface area contributed by atoms with E-state index in [9.17, 15) is 8.42 Å². The summed E-state index contributed by atoms with van der Waals surface area (Å²) in [5.74, 6) is 1.79. The maximum absolute atomic E-state index is 11.9. The molecule has 1 aliphatic heterocycles. The lowest BCUT2D eigenvalue weighted by atomic mass is 10.3. The summed E-state index contributed by atoms with van der Waals surface area (Å²) >= 11 is 1.74. The minimum absolute atomic E-state index is 0.000596. The molecular weight excluding hydrogens is 258 g/mol. The highest BCUT2D eigenvalue weighted by molar-refractivity contribution is 7.99. The first-order valence-electron chi connectivity index (χ1n) is 5.08. The Hall–Kier alpha value is -1.10. The predicted molar refractivity (Wildman–Crippen MR) is 65.0 cm³/mol. The minimum atomic E-state index is -3.50. The topological polar surface area (TPSA) is 82.8 Å². The van der Waals surface area contributed by atoms with Crippen molar-refractivity contribution >= 4 is 21.8 Å². The Bertz CT molecular complexity index is 528. The molecule has 0 saturated carbocycles. The van der Waals surface area contributed by atoms with Crippen LogP contribution in [0.4, 0.5) is 0 Å². The molecule has 7 heteroatoms. The zero-order chi connectivity index (χ0) is 12.3. The van der Waals surface area contributed by atoms with Crippen molar-refractivity contribution in [3.63, 3.8) is 0 Å². The first kappa shape index (κ1) is 12.4. The normalized spacial score (nSPS) is 20.1. The van der Waals surface area contributed by atoms with E-state index in [4.69, 9.17) is 5.26 Å². The summed E-state index contributed by atoms with van der Waals surface area (Å²) in [5, 5.41) is 8.58. The second-order valence-electron chi connectivity index (χ2n) is 3.67. The molecule has 0 amide bonds. The lowest BCUT2D eigenvalue weighted by Crippen LogP contribution is -2.34. The van der Waals surface area contributed by atoms with Crippen LogP contribution in [-0.2, 0) is 10.0 Å². The summed E-state index contributed by atoms with van der Waals surface area (Å²) in [6.45, 7) is 0. The zero-order valence-corrected chi connectivity index (χ0v) is 10.6. The molecule has 0 spiro atoms. The van der Waals surface area contributed by atoms with Crippen LogP contribution in [0.25, 0.3) is 0 Å². The van der Waals surface area contributed by atoms with Gasteiger partial charge in [-0.3, -0.25) is 0 Å². The summed E-state index contributed by atoms with van der Waals surface area (Å²) in [7, 11) is -3.50. The van der Waals surface area contributed by atoms with Gasteiger partial charge in [-0.1, -0.05) is 0 Å². The van der Waals surface area contributed by atoms with Gasteiger partial charge in [-0.05, 0) is 24.3 Å². The number of aromatic nitrogens is 1. The van der Waals surface area contributed by atoms with E-state index in [1.807, 2.05) is 6.07 Å². The number of thioether (sulfide) groups is 1. The van der Waals surface area contributed by atoms with Crippen LogP contribution in [0.15, 0.2) is 23.2 Å². The summed E-state index contributed by atoms with van der Waals surface area (Å²) in [5.41, 5.74) is 0.209. The van der Waals surface area contributed by atoms with Crippen LogP contribution < -0.4 is 4.72 Å². The first-order valence-corrected chi connectivity index (χ1v) is 7.72. The lowest BCUT2D eigenvalue weighted by Gasteiger charge is -2.11. The molecule has 1 N–H and O–H groups in total. The van der Waals surface area contributed by atoms with Crippen LogP contribution in [0.2, 0.25) is 0 Å². The summed E-state index contributed by atoms with van der Waals surface area (Å²) < 4.78 is 26.5. The standard InChI is InChI=1S/C10H11N3O2S2/c11-5-8-1-2-10(6-12-8)17(14,15)13-9-3-4-16-7-9/h1-2,6,9,13H,3-4,7H2. The monoisotopic (exact) mass is 269 g/mol. The molecule has 0 aliphatic carbocycles. The van der Waals surface area contributed by atoms with Gasteiger partial charge in [-0.15, -0.1) is 0 Å². The molecule has 2 rings (SSSR count). The maximum atomic E-state index is 11.9. The molecule has 2 heterocycles. The molecule has 1 atom stereocenters. The van der Waals surface area contributed by atoms with Crippen molar-refractivity contribution in [1.29, 1.82) is 5.26 Å². The van der Waals surface area contributed by atoms with Crippen molar-refractivity contribution < 1.29 is 8.42 Å². The van der Waals surface area contributed by atoms with Gasteiger partial charge in [0.1, 0.15) is 16.7 Å². The minimum Gasteiger partial charge on any atom is -0.244 e. The van der Waals surface area contributed by atoms with Crippen LogP contribution in [0, 0.1) is 11.3 Å². The number of sulfonamides is 1. The van der Waals surface area contributed by atoms with E-state index in [1.54, 1.807) is 11.8 Å².